The maximum Gasteiger partial charge on any atom is 0.260 e. The van der Waals surface area contributed by atoms with Gasteiger partial charge in [0.15, 0.2) is 12.1 Å². The molecule has 9 heteroatoms. The summed E-state index contributed by atoms with van der Waals surface area (Å²) in [6, 6.07) is 5.47. The Morgan fingerprint density at radius 1 is 1.34 bits per heavy atom. The molecule has 8 nitrogen and oxygen atoms in total. The molecule has 208 valence electrons. The standard InChI is InChI=1S/C24H28ClN5O3.C3H8.C2H6/c1-5-16-12-19(18-10-9-17(13-20(18)25)22-28-15(4)33-29-22)24(31)30(6-2)23(16)27-14(3)26-21-8-7-11-32-21;1-3-2;1-2/h5,9-10,12-13,15,21,26H,3,6-8,11H2,1-2,4H3,(H,28,29);3H2,1-2H3;1-2H3/b16-5-,27-23+;;. The summed E-state index contributed by atoms with van der Waals surface area (Å²) in [5.41, 5.74) is 5.54. The van der Waals surface area contributed by atoms with Crippen LogP contribution in [-0.2, 0) is 14.4 Å². The molecule has 3 heterocycles. The molecule has 0 bridgehead atoms. The minimum Gasteiger partial charge on any atom is -0.359 e. The normalized spacial score (nSPS) is 22.6. The van der Waals surface area contributed by atoms with Crippen molar-refractivity contribution in [1.82, 2.24) is 15.7 Å². The molecule has 2 unspecified atom stereocenters. The number of aliphatic imine (C=N–C) groups is 2. The maximum absolute atomic E-state index is 13.5. The maximum atomic E-state index is 13.5. The third-order valence-electron chi connectivity index (χ3n) is 5.58. The number of amidine groups is 2. The van der Waals surface area contributed by atoms with Crippen molar-refractivity contribution in [1.29, 1.82) is 0 Å². The number of likely N-dealkylation sites (N-methyl/N-ethyl adjacent to an activating group) is 1. The number of hydroxylamine groups is 1. The Hall–Kier alpha value is -2.94. The van der Waals surface area contributed by atoms with Gasteiger partial charge in [-0.3, -0.25) is 9.69 Å². The van der Waals surface area contributed by atoms with Crippen LogP contribution in [0.25, 0.3) is 5.57 Å². The van der Waals surface area contributed by atoms with Crippen LogP contribution in [0.3, 0.4) is 0 Å². The first-order valence-corrected chi connectivity index (χ1v) is 13.9. The van der Waals surface area contributed by atoms with Crippen molar-refractivity contribution >= 4 is 34.8 Å². The summed E-state index contributed by atoms with van der Waals surface area (Å²) in [7, 11) is 0. The number of halogens is 1. The highest BCUT2D eigenvalue weighted by atomic mass is 35.5. The number of nitrogens with one attached hydrogen (secondary N) is 2. The van der Waals surface area contributed by atoms with Crippen molar-refractivity contribution in [3.8, 4) is 0 Å². The predicted octanol–water partition coefficient (Wildman–Crippen LogP) is 6.20. The van der Waals surface area contributed by atoms with E-state index in [1.807, 2.05) is 58.9 Å². The van der Waals surface area contributed by atoms with Crippen molar-refractivity contribution < 1.29 is 14.4 Å². The van der Waals surface area contributed by atoms with E-state index >= 15 is 0 Å². The summed E-state index contributed by atoms with van der Waals surface area (Å²) >= 11 is 6.62. The van der Waals surface area contributed by atoms with Crippen molar-refractivity contribution in [3.05, 3.63) is 64.5 Å². The Bertz CT molecular complexity index is 1100. The molecule has 4 rings (SSSR count). The smallest absolute Gasteiger partial charge is 0.260 e. The third-order valence-corrected chi connectivity index (χ3v) is 5.90. The van der Waals surface area contributed by atoms with Crippen LogP contribution in [0.1, 0.15) is 78.9 Å². The van der Waals surface area contributed by atoms with Gasteiger partial charge in [-0.05, 0) is 45.8 Å². The first-order chi connectivity index (χ1) is 18.3. The van der Waals surface area contributed by atoms with Crippen LogP contribution in [0.15, 0.2) is 58.3 Å². The number of allylic oxidation sites excluding steroid dienone is 1. The van der Waals surface area contributed by atoms with E-state index in [4.69, 9.17) is 21.2 Å². The SMILES string of the molecule is C=C(/N=C1\C(=C/C)C=C(c2ccc(C3=NC(C)ON3)cc2Cl)C(=O)N1CC)NC1CCCO1.CC.CCC. The summed E-state index contributed by atoms with van der Waals surface area (Å²) in [5.74, 6) is 1.45. The van der Waals surface area contributed by atoms with Gasteiger partial charge < -0.3 is 10.1 Å². The van der Waals surface area contributed by atoms with Crippen LogP contribution in [-0.4, -0.2) is 48.1 Å². The monoisotopic (exact) mass is 543 g/mol. The number of carbonyl (C=O) groups excluding carboxylic acids is 1. The van der Waals surface area contributed by atoms with Gasteiger partial charge in [0.1, 0.15) is 17.9 Å². The van der Waals surface area contributed by atoms with Gasteiger partial charge in [-0.15, -0.1) is 0 Å². The first kappa shape index (κ1) is 31.3. The Balaban J connectivity index is 0.000000947. The quantitative estimate of drug-likeness (QED) is 0.446. The van der Waals surface area contributed by atoms with Crippen LogP contribution in [0.5, 0.6) is 0 Å². The van der Waals surface area contributed by atoms with Crippen LogP contribution in [0, 0.1) is 0 Å². The van der Waals surface area contributed by atoms with Gasteiger partial charge in [0, 0.05) is 40.4 Å². The zero-order valence-corrected chi connectivity index (χ0v) is 24.5. The number of benzene rings is 1. The van der Waals surface area contributed by atoms with Gasteiger partial charge in [0.2, 0.25) is 0 Å². The summed E-state index contributed by atoms with van der Waals surface area (Å²) in [6.45, 7) is 19.1. The third kappa shape index (κ3) is 7.79. The van der Waals surface area contributed by atoms with Gasteiger partial charge in [0.25, 0.3) is 5.91 Å². The van der Waals surface area contributed by atoms with Gasteiger partial charge in [-0.2, -0.15) is 0 Å². The molecule has 3 aliphatic rings. The second kappa shape index (κ2) is 15.5. The van der Waals surface area contributed by atoms with Gasteiger partial charge in [-0.25, -0.2) is 20.3 Å². The highest BCUT2D eigenvalue weighted by molar-refractivity contribution is 6.37. The second-order valence-electron chi connectivity index (χ2n) is 8.58. The number of nitrogens with zero attached hydrogens (tertiary/aromatic N) is 3. The number of carbonyl (C=O) groups is 1. The first-order valence-electron chi connectivity index (χ1n) is 13.5. The topological polar surface area (TPSA) is 87.6 Å². The molecule has 1 aromatic rings. The molecule has 1 aromatic carbocycles. The van der Waals surface area contributed by atoms with Gasteiger partial charge >= 0.3 is 0 Å². The molecule has 0 aliphatic carbocycles. The Morgan fingerprint density at radius 2 is 2.05 bits per heavy atom. The fourth-order valence-corrected chi connectivity index (χ4v) is 4.21. The molecule has 0 radical (unpaired) electrons. The van der Waals surface area contributed by atoms with E-state index in [-0.39, 0.29) is 18.4 Å². The number of hydrogen-bond donors (Lipinski definition) is 2. The average molecular weight is 544 g/mol. The lowest BCUT2D eigenvalue weighted by atomic mass is 9.95. The summed E-state index contributed by atoms with van der Waals surface area (Å²) in [6.07, 6.45) is 6.54. The number of ether oxygens (including phenoxy) is 1. The molecule has 0 spiro atoms. The molecule has 0 aromatic heterocycles. The van der Waals surface area contributed by atoms with Crippen molar-refractivity contribution in [2.45, 2.75) is 80.2 Å². The summed E-state index contributed by atoms with van der Waals surface area (Å²) < 4.78 is 5.60. The van der Waals surface area contributed by atoms with Crippen molar-refractivity contribution in [2.75, 3.05) is 13.2 Å². The molecule has 0 saturated carbocycles. The van der Waals surface area contributed by atoms with Crippen molar-refractivity contribution in [2.24, 2.45) is 9.98 Å². The lowest BCUT2D eigenvalue weighted by Crippen LogP contribution is -2.41. The van der Waals surface area contributed by atoms with Crippen LogP contribution in [0.2, 0.25) is 5.02 Å². The molecular weight excluding hydrogens is 502 g/mol. The molecule has 1 amide bonds. The highest BCUT2D eigenvalue weighted by Gasteiger charge is 2.31. The van der Waals surface area contributed by atoms with Gasteiger partial charge in [-0.1, -0.05) is 70.5 Å². The van der Waals surface area contributed by atoms with E-state index in [1.165, 1.54) is 6.42 Å². The molecule has 38 heavy (non-hydrogen) atoms. The van der Waals surface area contributed by atoms with Crippen LogP contribution >= 0.6 is 11.6 Å². The van der Waals surface area contributed by atoms with E-state index in [2.05, 4.69) is 41.2 Å². The lowest BCUT2D eigenvalue weighted by Gasteiger charge is -2.30. The van der Waals surface area contributed by atoms with E-state index in [0.29, 0.717) is 40.2 Å². The minimum absolute atomic E-state index is 0.0963. The fourth-order valence-electron chi connectivity index (χ4n) is 3.93. The second-order valence-corrected chi connectivity index (χ2v) is 8.99. The molecular formula is C29H42ClN5O3. The molecule has 1 saturated heterocycles. The van der Waals surface area contributed by atoms with E-state index < -0.39 is 0 Å². The zero-order valence-electron chi connectivity index (χ0n) is 23.7. The van der Waals surface area contributed by atoms with Gasteiger partial charge in [0.05, 0.1) is 0 Å². The number of amides is 1. The summed E-state index contributed by atoms with van der Waals surface area (Å²) in [5, 5.41) is 3.63. The Morgan fingerprint density at radius 3 is 2.58 bits per heavy atom. The highest BCUT2D eigenvalue weighted by Crippen LogP contribution is 2.32. The number of hydrogen-bond acceptors (Lipinski definition) is 7. The van der Waals surface area contributed by atoms with Crippen LogP contribution in [0.4, 0.5) is 0 Å². The Kier molecular flexibility index (Phi) is 12.7. The minimum atomic E-state index is -0.265. The molecule has 1 fully saturated rings. The zero-order chi connectivity index (χ0) is 28.2. The van der Waals surface area contributed by atoms with Crippen molar-refractivity contribution in [3.63, 3.8) is 0 Å². The Labute approximate surface area is 232 Å². The predicted molar refractivity (Wildman–Crippen MR) is 157 cm³/mol. The van der Waals surface area contributed by atoms with E-state index in [1.54, 1.807) is 11.0 Å². The average Bonchev–Trinajstić information content (AvgIpc) is 3.58. The summed E-state index contributed by atoms with van der Waals surface area (Å²) in [4.78, 5) is 29.3. The largest absolute Gasteiger partial charge is 0.359 e. The number of rotatable bonds is 6. The molecule has 2 N–H and O–H groups in total. The van der Waals surface area contributed by atoms with Crippen LogP contribution < -0.4 is 10.8 Å². The van der Waals surface area contributed by atoms with E-state index in [0.717, 1.165) is 30.6 Å². The fraction of sp³-hybridized carbons (Fsp3) is 0.483. The molecule has 3 aliphatic heterocycles. The molecule has 2 atom stereocenters. The lowest BCUT2D eigenvalue weighted by molar-refractivity contribution is -0.121. The van der Waals surface area contributed by atoms with E-state index in [9.17, 15) is 4.79 Å².